The second kappa shape index (κ2) is 6.80. The molecule has 2 heterocycles. The molecule has 23 heavy (non-hydrogen) atoms. The Hall–Kier alpha value is -1.10. The number of nitrogens with one attached hydrogen (secondary N) is 1. The normalized spacial score (nSPS) is 27.2. The van der Waals surface area contributed by atoms with Crippen molar-refractivity contribution in [2.24, 2.45) is 11.3 Å². The number of amides is 1. The van der Waals surface area contributed by atoms with E-state index in [2.05, 4.69) is 12.2 Å². The molecular formula is C18H25ClN2O2. The zero-order chi connectivity index (χ0) is 16.4. The van der Waals surface area contributed by atoms with Crippen molar-refractivity contribution in [1.29, 1.82) is 0 Å². The smallest absolute Gasteiger partial charge is 0.229 e. The molecule has 1 amide bonds. The number of hydrogen-bond donors (Lipinski definition) is 2. The zero-order valence-corrected chi connectivity index (χ0v) is 14.4. The Balaban J connectivity index is 1.57. The van der Waals surface area contributed by atoms with Gasteiger partial charge in [0.25, 0.3) is 0 Å². The van der Waals surface area contributed by atoms with Gasteiger partial charge in [-0.1, -0.05) is 23.7 Å². The van der Waals surface area contributed by atoms with Crippen LogP contribution in [0, 0.1) is 11.3 Å². The van der Waals surface area contributed by atoms with Gasteiger partial charge in [-0.3, -0.25) is 4.79 Å². The zero-order valence-electron chi connectivity index (χ0n) is 13.6. The fourth-order valence-electron chi connectivity index (χ4n) is 3.73. The molecule has 2 saturated heterocycles. The summed E-state index contributed by atoms with van der Waals surface area (Å²) in [6, 6.07) is 7.39. The lowest BCUT2D eigenvalue weighted by atomic mass is 9.84. The van der Waals surface area contributed by atoms with Crippen LogP contribution >= 0.6 is 11.6 Å². The first-order valence-electron chi connectivity index (χ1n) is 8.43. The van der Waals surface area contributed by atoms with Crippen LogP contribution in [0.1, 0.15) is 37.9 Å². The summed E-state index contributed by atoms with van der Waals surface area (Å²) in [5.41, 5.74) is 0.660. The summed E-state index contributed by atoms with van der Waals surface area (Å²) < 4.78 is 0. The maximum absolute atomic E-state index is 12.7. The molecule has 5 heteroatoms. The van der Waals surface area contributed by atoms with Crippen LogP contribution < -0.4 is 5.32 Å². The van der Waals surface area contributed by atoms with Crippen molar-refractivity contribution in [3.05, 3.63) is 34.9 Å². The van der Waals surface area contributed by atoms with Gasteiger partial charge in [-0.25, -0.2) is 0 Å². The Morgan fingerprint density at radius 2 is 2.00 bits per heavy atom. The number of nitrogens with zero attached hydrogens (tertiary/aromatic N) is 1. The molecule has 4 nitrogen and oxygen atoms in total. The number of likely N-dealkylation sites (tertiary alicyclic amines) is 1. The highest BCUT2D eigenvalue weighted by Crippen LogP contribution is 2.34. The van der Waals surface area contributed by atoms with Crippen LogP contribution in [0.25, 0.3) is 0 Å². The first-order chi connectivity index (χ1) is 11.0. The quantitative estimate of drug-likeness (QED) is 0.892. The van der Waals surface area contributed by atoms with Crippen molar-refractivity contribution in [3.8, 4) is 0 Å². The standard InChI is InChI=1S/C18H25ClN2O2/c1-18(8-9-20-12-18)17(23)21-10-6-14(7-11-21)16(22)13-2-4-15(19)5-3-13/h2-5,14,16,20,22H,6-12H2,1H3. The van der Waals surface area contributed by atoms with Gasteiger partial charge in [0.2, 0.25) is 5.91 Å². The van der Waals surface area contributed by atoms with E-state index >= 15 is 0 Å². The molecule has 3 rings (SSSR count). The van der Waals surface area contributed by atoms with E-state index in [4.69, 9.17) is 11.6 Å². The average molecular weight is 337 g/mol. The van der Waals surface area contributed by atoms with E-state index in [1.54, 1.807) is 0 Å². The molecule has 2 fully saturated rings. The van der Waals surface area contributed by atoms with Gasteiger partial charge in [0.15, 0.2) is 0 Å². The van der Waals surface area contributed by atoms with E-state index in [9.17, 15) is 9.90 Å². The van der Waals surface area contributed by atoms with Crippen LogP contribution in [0.3, 0.4) is 0 Å². The predicted molar refractivity (Wildman–Crippen MR) is 91.3 cm³/mol. The lowest BCUT2D eigenvalue weighted by molar-refractivity contribution is -0.142. The Morgan fingerprint density at radius 3 is 2.57 bits per heavy atom. The third kappa shape index (κ3) is 3.54. The minimum Gasteiger partial charge on any atom is -0.388 e. The van der Waals surface area contributed by atoms with Gasteiger partial charge in [0.1, 0.15) is 0 Å². The van der Waals surface area contributed by atoms with E-state index in [1.165, 1.54) is 0 Å². The fourth-order valence-corrected chi connectivity index (χ4v) is 3.86. The van der Waals surface area contributed by atoms with Crippen LogP contribution in [0.5, 0.6) is 0 Å². The van der Waals surface area contributed by atoms with Gasteiger partial charge in [-0.05, 0) is 56.3 Å². The third-order valence-electron chi connectivity index (χ3n) is 5.37. The molecule has 0 bridgehead atoms. The monoisotopic (exact) mass is 336 g/mol. The topological polar surface area (TPSA) is 52.6 Å². The summed E-state index contributed by atoms with van der Waals surface area (Å²) in [5.74, 6) is 0.469. The van der Waals surface area contributed by atoms with Gasteiger partial charge >= 0.3 is 0 Å². The van der Waals surface area contributed by atoms with Gasteiger partial charge in [-0.15, -0.1) is 0 Å². The van der Waals surface area contributed by atoms with Crippen LogP contribution in [0.4, 0.5) is 0 Å². The number of halogens is 1. The minimum absolute atomic E-state index is 0.203. The van der Waals surface area contributed by atoms with Crippen molar-refractivity contribution in [2.45, 2.75) is 32.3 Å². The number of carbonyl (C=O) groups excluding carboxylic acids is 1. The molecular weight excluding hydrogens is 312 g/mol. The summed E-state index contributed by atoms with van der Waals surface area (Å²) >= 11 is 5.90. The van der Waals surface area contributed by atoms with E-state index in [1.807, 2.05) is 29.2 Å². The first-order valence-corrected chi connectivity index (χ1v) is 8.81. The average Bonchev–Trinajstić information content (AvgIpc) is 3.02. The molecule has 0 aromatic heterocycles. The molecule has 0 saturated carbocycles. The number of carbonyl (C=O) groups is 1. The molecule has 2 aliphatic heterocycles. The molecule has 2 aliphatic rings. The summed E-state index contributed by atoms with van der Waals surface area (Å²) in [4.78, 5) is 14.7. The maximum Gasteiger partial charge on any atom is 0.229 e. The second-order valence-electron chi connectivity index (χ2n) is 7.11. The molecule has 2 unspecified atom stereocenters. The Bertz CT molecular complexity index is 547. The lowest BCUT2D eigenvalue weighted by Gasteiger charge is -2.38. The highest BCUT2D eigenvalue weighted by molar-refractivity contribution is 6.30. The van der Waals surface area contributed by atoms with Crippen LogP contribution in [-0.4, -0.2) is 42.1 Å². The lowest BCUT2D eigenvalue weighted by Crippen LogP contribution is -2.47. The molecule has 1 aromatic rings. The molecule has 2 N–H and O–H groups in total. The Morgan fingerprint density at radius 1 is 1.35 bits per heavy atom. The Kier molecular flexibility index (Phi) is 4.95. The minimum atomic E-state index is -0.478. The van der Waals surface area contributed by atoms with Crippen molar-refractivity contribution in [1.82, 2.24) is 10.2 Å². The highest BCUT2D eigenvalue weighted by atomic mass is 35.5. The number of aliphatic hydroxyl groups is 1. The van der Waals surface area contributed by atoms with Crippen molar-refractivity contribution < 1.29 is 9.90 Å². The fraction of sp³-hybridized carbons (Fsp3) is 0.611. The second-order valence-corrected chi connectivity index (χ2v) is 7.55. The summed E-state index contributed by atoms with van der Waals surface area (Å²) in [6.45, 7) is 5.24. The van der Waals surface area contributed by atoms with E-state index in [0.717, 1.165) is 51.0 Å². The number of aliphatic hydroxyl groups excluding tert-OH is 1. The Labute approximate surface area is 142 Å². The maximum atomic E-state index is 12.7. The molecule has 0 radical (unpaired) electrons. The number of rotatable bonds is 3. The van der Waals surface area contributed by atoms with Crippen LogP contribution in [-0.2, 0) is 4.79 Å². The molecule has 0 spiro atoms. The van der Waals surface area contributed by atoms with Crippen LogP contribution in [0.2, 0.25) is 5.02 Å². The van der Waals surface area contributed by atoms with Gasteiger partial charge < -0.3 is 15.3 Å². The van der Waals surface area contributed by atoms with Gasteiger partial charge in [0.05, 0.1) is 11.5 Å². The summed E-state index contributed by atoms with van der Waals surface area (Å²) in [7, 11) is 0. The van der Waals surface area contributed by atoms with Crippen molar-refractivity contribution >= 4 is 17.5 Å². The molecule has 2 atom stereocenters. The van der Waals surface area contributed by atoms with Crippen LogP contribution in [0.15, 0.2) is 24.3 Å². The SMILES string of the molecule is CC1(C(=O)N2CCC(C(O)c3ccc(Cl)cc3)CC2)CCNC1. The molecule has 126 valence electrons. The molecule has 1 aromatic carbocycles. The third-order valence-corrected chi connectivity index (χ3v) is 5.62. The van der Waals surface area contributed by atoms with E-state index in [0.29, 0.717) is 5.02 Å². The number of benzene rings is 1. The van der Waals surface area contributed by atoms with Crippen molar-refractivity contribution in [2.75, 3.05) is 26.2 Å². The first kappa shape index (κ1) is 16.7. The molecule has 0 aliphatic carbocycles. The summed E-state index contributed by atoms with van der Waals surface area (Å²) in [5, 5.41) is 14.5. The van der Waals surface area contributed by atoms with Gasteiger partial charge in [0, 0.05) is 24.7 Å². The predicted octanol–water partition coefficient (Wildman–Crippen LogP) is 2.61. The largest absolute Gasteiger partial charge is 0.388 e. The van der Waals surface area contributed by atoms with Crippen molar-refractivity contribution in [3.63, 3.8) is 0 Å². The van der Waals surface area contributed by atoms with E-state index < -0.39 is 6.10 Å². The highest BCUT2D eigenvalue weighted by Gasteiger charge is 2.40. The summed E-state index contributed by atoms with van der Waals surface area (Å²) in [6.07, 6.45) is 2.13. The van der Waals surface area contributed by atoms with Gasteiger partial charge in [-0.2, -0.15) is 0 Å². The van der Waals surface area contributed by atoms with E-state index in [-0.39, 0.29) is 17.2 Å². The number of hydrogen-bond acceptors (Lipinski definition) is 3. The number of piperidine rings is 1.